The Morgan fingerprint density at radius 2 is 2.20 bits per heavy atom. The Morgan fingerprint density at radius 1 is 1.53 bits per heavy atom. The van der Waals surface area contributed by atoms with Crippen LogP contribution in [0.3, 0.4) is 0 Å². The molecule has 82 valence electrons. The summed E-state index contributed by atoms with van der Waals surface area (Å²) in [5, 5.41) is 12.8. The molecule has 1 rings (SSSR count). The molecular weight excluding hydrogens is 202 g/mol. The fourth-order valence-corrected chi connectivity index (χ4v) is 1.15. The van der Waals surface area contributed by atoms with Crippen molar-refractivity contribution in [3.8, 4) is 0 Å². The van der Waals surface area contributed by atoms with Crippen LogP contribution in [0.25, 0.3) is 0 Å². The topological polar surface area (TPSA) is 98.0 Å². The van der Waals surface area contributed by atoms with E-state index in [1.807, 2.05) is 0 Å². The first-order chi connectivity index (χ1) is 7.04. The monoisotopic (exact) mass is 213 g/mol. The molecule has 0 aliphatic heterocycles. The third kappa shape index (κ3) is 2.76. The highest BCUT2D eigenvalue weighted by atomic mass is 16.6. The molecule has 0 aromatic carbocycles. The first-order valence-electron chi connectivity index (χ1n) is 4.48. The van der Waals surface area contributed by atoms with Gasteiger partial charge in [0.25, 0.3) is 11.1 Å². The molecule has 1 N–H and O–H groups in total. The third-order valence-electron chi connectivity index (χ3n) is 2.05. The number of aromatic amines is 1. The number of rotatable bonds is 4. The molecule has 0 aliphatic rings. The normalized spacial score (nSPS) is 12.3. The molecule has 1 unspecified atom stereocenters. The smallest absolute Gasteiger partial charge is 0.265 e. The van der Waals surface area contributed by atoms with Gasteiger partial charge in [0.05, 0.1) is 0 Å². The third-order valence-corrected chi connectivity index (χ3v) is 2.05. The Hall–Kier alpha value is -1.92. The lowest BCUT2D eigenvalue weighted by Crippen LogP contribution is -2.35. The molecule has 0 bridgehead atoms. The summed E-state index contributed by atoms with van der Waals surface area (Å²) in [5.41, 5.74) is -0.900. The molecule has 1 atom stereocenters. The van der Waals surface area contributed by atoms with E-state index in [1.54, 1.807) is 6.92 Å². The molecule has 0 fully saturated rings. The lowest BCUT2D eigenvalue weighted by molar-refractivity contribution is -0.525. The first-order valence-corrected chi connectivity index (χ1v) is 4.48. The van der Waals surface area contributed by atoms with Gasteiger partial charge < -0.3 is 0 Å². The number of nitrogens with zero attached hydrogens (tertiary/aromatic N) is 2. The predicted molar refractivity (Wildman–Crippen MR) is 52.4 cm³/mol. The zero-order valence-corrected chi connectivity index (χ0v) is 8.17. The molecular formula is C8H11N3O4. The van der Waals surface area contributed by atoms with Crippen molar-refractivity contribution in [3.05, 3.63) is 43.0 Å². The van der Waals surface area contributed by atoms with Gasteiger partial charge in [-0.2, -0.15) is 0 Å². The second-order valence-electron chi connectivity index (χ2n) is 3.11. The van der Waals surface area contributed by atoms with Gasteiger partial charge in [-0.15, -0.1) is 0 Å². The van der Waals surface area contributed by atoms with Crippen molar-refractivity contribution in [3.63, 3.8) is 0 Å². The molecule has 0 aliphatic carbocycles. The molecule has 0 saturated heterocycles. The summed E-state index contributed by atoms with van der Waals surface area (Å²) in [6.45, 7) is 1.54. The highest BCUT2D eigenvalue weighted by Crippen LogP contribution is 1.97. The van der Waals surface area contributed by atoms with Gasteiger partial charge in [0.15, 0.2) is 0 Å². The van der Waals surface area contributed by atoms with Crippen LogP contribution < -0.4 is 11.1 Å². The van der Waals surface area contributed by atoms with E-state index in [2.05, 4.69) is 5.10 Å². The minimum absolute atomic E-state index is 0.113. The van der Waals surface area contributed by atoms with Crippen LogP contribution in [0.5, 0.6) is 0 Å². The van der Waals surface area contributed by atoms with Crippen LogP contribution in [-0.4, -0.2) is 20.7 Å². The quantitative estimate of drug-likeness (QED) is 0.543. The summed E-state index contributed by atoms with van der Waals surface area (Å²) in [7, 11) is 0. The van der Waals surface area contributed by atoms with Gasteiger partial charge >= 0.3 is 0 Å². The van der Waals surface area contributed by atoms with Gasteiger partial charge in [-0.3, -0.25) is 24.8 Å². The van der Waals surface area contributed by atoms with E-state index in [4.69, 9.17) is 0 Å². The minimum atomic E-state index is -0.860. The average Bonchev–Trinajstić information content (AvgIpc) is 2.18. The Bertz CT molecular complexity index is 461. The number of hydrogen-bond acceptors (Lipinski definition) is 4. The second-order valence-corrected chi connectivity index (χ2v) is 3.11. The summed E-state index contributed by atoms with van der Waals surface area (Å²) >= 11 is 0. The molecule has 1 aromatic heterocycles. The molecule has 0 spiro atoms. The van der Waals surface area contributed by atoms with Gasteiger partial charge in [0.2, 0.25) is 6.04 Å². The molecule has 7 heteroatoms. The number of nitrogens with one attached hydrogen (secondary N) is 1. The maximum Gasteiger partial charge on any atom is 0.265 e. The average molecular weight is 213 g/mol. The minimum Gasteiger partial charge on any atom is -0.268 e. The molecule has 0 saturated carbocycles. The maximum absolute atomic E-state index is 11.2. The summed E-state index contributed by atoms with van der Waals surface area (Å²) in [4.78, 5) is 32.2. The first kappa shape index (κ1) is 11.2. The van der Waals surface area contributed by atoms with Crippen LogP contribution in [0.15, 0.2) is 21.7 Å². The van der Waals surface area contributed by atoms with E-state index in [0.717, 1.165) is 16.8 Å². The number of hydrogen-bond donors (Lipinski definition) is 1. The Kier molecular flexibility index (Phi) is 3.37. The summed E-state index contributed by atoms with van der Waals surface area (Å²) in [5.74, 6) is 0. The summed E-state index contributed by atoms with van der Waals surface area (Å²) in [6, 6.07) is 1.32. The number of nitro groups is 1. The van der Waals surface area contributed by atoms with Gasteiger partial charge in [0.1, 0.15) is 6.54 Å². The van der Waals surface area contributed by atoms with E-state index in [1.165, 1.54) is 0 Å². The molecule has 7 nitrogen and oxygen atoms in total. The van der Waals surface area contributed by atoms with E-state index in [0.29, 0.717) is 6.42 Å². The molecule has 1 heterocycles. The standard InChI is InChI=1S/C8H11N3O4/c1-2-6(11(14)15)5-10-8(13)4-3-7(12)9-10/h3-4,6H,2,5H2,1H3,(H,9,12). The molecule has 0 radical (unpaired) electrons. The van der Waals surface area contributed by atoms with Crippen molar-refractivity contribution in [2.75, 3.05) is 0 Å². The van der Waals surface area contributed by atoms with E-state index in [9.17, 15) is 19.7 Å². The van der Waals surface area contributed by atoms with Crippen LogP contribution in [-0.2, 0) is 6.54 Å². The summed E-state index contributed by atoms with van der Waals surface area (Å²) in [6.07, 6.45) is 0.302. The van der Waals surface area contributed by atoms with Crippen molar-refractivity contribution in [2.24, 2.45) is 0 Å². The Balaban J connectivity index is 2.97. The molecule has 1 aromatic rings. The van der Waals surface area contributed by atoms with Crippen LogP contribution in [0.2, 0.25) is 0 Å². The highest BCUT2D eigenvalue weighted by molar-refractivity contribution is 4.86. The van der Waals surface area contributed by atoms with Gasteiger partial charge in [-0.25, -0.2) is 4.68 Å². The highest BCUT2D eigenvalue weighted by Gasteiger charge is 2.18. The van der Waals surface area contributed by atoms with Gasteiger partial charge in [0, 0.05) is 23.5 Å². The van der Waals surface area contributed by atoms with E-state index >= 15 is 0 Å². The van der Waals surface area contributed by atoms with Gasteiger partial charge in [-0.1, -0.05) is 6.92 Å². The molecule has 0 amide bonds. The number of H-pyrrole nitrogens is 1. The van der Waals surface area contributed by atoms with Gasteiger partial charge in [-0.05, 0) is 0 Å². The second kappa shape index (κ2) is 4.54. The maximum atomic E-state index is 11.2. The van der Waals surface area contributed by atoms with Crippen molar-refractivity contribution in [1.29, 1.82) is 0 Å². The lowest BCUT2D eigenvalue weighted by atomic mass is 10.2. The van der Waals surface area contributed by atoms with Crippen LogP contribution in [0, 0.1) is 10.1 Å². The zero-order valence-electron chi connectivity index (χ0n) is 8.17. The largest absolute Gasteiger partial charge is 0.268 e. The van der Waals surface area contributed by atoms with Crippen LogP contribution in [0.4, 0.5) is 0 Å². The van der Waals surface area contributed by atoms with Crippen molar-refractivity contribution in [2.45, 2.75) is 25.9 Å². The fourth-order valence-electron chi connectivity index (χ4n) is 1.15. The van der Waals surface area contributed by atoms with Crippen LogP contribution in [0.1, 0.15) is 13.3 Å². The molecule has 15 heavy (non-hydrogen) atoms. The summed E-state index contributed by atoms with van der Waals surface area (Å²) < 4.78 is 0.958. The van der Waals surface area contributed by atoms with E-state index < -0.39 is 22.1 Å². The van der Waals surface area contributed by atoms with Crippen molar-refractivity contribution < 1.29 is 4.92 Å². The van der Waals surface area contributed by atoms with E-state index in [-0.39, 0.29) is 6.54 Å². The SMILES string of the molecule is CCC(Cn1[nH]c(=O)ccc1=O)[N+](=O)[O-]. The van der Waals surface area contributed by atoms with Crippen LogP contribution >= 0.6 is 0 Å². The predicted octanol–water partition coefficient (Wildman–Crippen LogP) is -0.408. The fraction of sp³-hybridized carbons (Fsp3) is 0.500. The lowest BCUT2D eigenvalue weighted by Gasteiger charge is -2.08. The van der Waals surface area contributed by atoms with Crippen molar-refractivity contribution in [1.82, 2.24) is 9.78 Å². The van der Waals surface area contributed by atoms with Crippen molar-refractivity contribution >= 4 is 0 Å². The number of aromatic nitrogens is 2. The Morgan fingerprint density at radius 3 is 2.73 bits per heavy atom. The Labute approximate surface area is 84.5 Å². The zero-order chi connectivity index (χ0) is 11.4.